The first-order chi connectivity index (χ1) is 15.1. The monoisotopic (exact) mass is 413 g/mol. The lowest BCUT2D eigenvalue weighted by Gasteiger charge is -2.36. The number of piperazine rings is 1. The average molecular weight is 414 g/mol. The van der Waals surface area contributed by atoms with Crippen LogP contribution in [0, 0.1) is 6.92 Å². The normalized spacial score (nSPS) is 13.7. The molecule has 158 valence electrons. The summed E-state index contributed by atoms with van der Waals surface area (Å²) in [5.74, 6) is -0.928. The maximum atomic E-state index is 13.3. The van der Waals surface area contributed by atoms with Gasteiger partial charge in [-0.15, -0.1) is 0 Å². The summed E-state index contributed by atoms with van der Waals surface area (Å²) in [6, 6.07) is 27.5. The maximum Gasteiger partial charge on any atom is 0.316 e. The average Bonchev–Trinajstić information content (AvgIpc) is 2.83. The van der Waals surface area contributed by atoms with Gasteiger partial charge < -0.3 is 9.80 Å². The van der Waals surface area contributed by atoms with E-state index >= 15 is 0 Å². The van der Waals surface area contributed by atoms with Crippen molar-refractivity contribution in [3.05, 3.63) is 96.1 Å². The molecule has 3 aromatic carbocycles. The van der Waals surface area contributed by atoms with Crippen LogP contribution in [0.25, 0.3) is 0 Å². The number of aryl methyl sites for hydroxylation is 1. The van der Waals surface area contributed by atoms with E-state index in [0.29, 0.717) is 32.7 Å². The van der Waals surface area contributed by atoms with Crippen LogP contribution in [0.1, 0.15) is 11.1 Å². The fourth-order valence-electron chi connectivity index (χ4n) is 3.90. The number of amides is 2. The van der Waals surface area contributed by atoms with E-state index in [1.54, 1.807) is 9.80 Å². The molecule has 0 aromatic heterocycles. The van der Waals surface area contributed by atoms with Crippen LogP contribution in [0.4, 0.5) is 11.4 Å². The van der Waals surface area contributed by atoms with Crippen LogP contribution in [0.5, 0.6) is 0 Å². The molecular formula is C26H27N3O2. The van der Waals surface area contributed by atoms with Gasteiger partial charge in [0.05, 0.1) is 6.54 Å². The van der Waals surface area contributed by atoms with Gasteiger partial charge in [0.2, 0.25) is 0 Å². The standard InChI is InChI=1S/C26H27N3O2/c1-21-9-8-14-24(19-21)27-15-17-28(18-16-27)25(30)26(31)29(23-12-6-3-7-13-23)20-22-10-4-2-5-11-22/h2-14,19H,15-18,20H2,1H3. The maximum absolute atomic E-state index is 13.3. The van der Waals surface area contributed by atoms with Crippen LogP contribution < -0.4 is 9.80 Å². The summed E-state index contributed by atoms with van der Waals surface area (Å²) in [4.78, 5) is 31.9. The van der Waals surface area contributed by atoms with Crippen molar-refractivity contribution in [2.75, 3.05) is 36.0 Å². The number of benzene rings is 3. The van der Waals surface area contributed by atoms with Crippen molar-refractivity contribution in [2.45, 2.75) is 13.5 Å². The highest BCUT2D eigenvalue weighted by Gasteiger charge is 2.30. The molecule has 31 heavy (non-hydrogen) atoms. The lowest BCUT2D eigenvalue weighted by Crippen LogP contribution is -2.53. The Morgan fingerprint density at radius 3 is 2.10 bits per heavy atom. The van der Waals surface area contributed by atoms with Gasteiger partial charge in [-0.3, -0.25) is 14.5 Å². The fourth-order valence-corrected chi connectivity index (χ4v) is 3.90. The Balaban J connectivity index is 1.46. The minimum Gasteiger partial charge on any atom is -0.368 e. The highest BCUT2D eigenvalue weighted by Crippen LogP contribution is 2.20. The zero-order chi connectivity index (χ0) is 21.6. The van der Waals surface area contributed by atoms with Crippen LogP contribution in [0.3, 0.4) is 0 Å². The quantitative estimate of drug-likeness (QED) is 0.610. The summed E-state index contributed by atoms with van der Waals surface area (Å²) >= 11 is 0. The fraction of sp³-hybridized carbons (Fsp3) is 0.231. The van der Waals surface area contributed by atoms with Crippen molar-refractivity contribution in [3.63, 3.8) is 0 Å². The number of carbonyl (C=O) groups excluding carboxylic acids is 2. The molecular weight excluding hydrogens is 386 g/mol. The second-order valence-corrected chi connectivity index (χ2v) is 7.83. The van der Waals surface area contributed by atoms with Crippen LogP contribution >= 0.6 is 0 Å². The first kappa shape index (κ1) is 20.7. The summed E-state index contributed by atoms with van der Waals surface area (Å²) in [5, 5.41) is 0. The highest BCUT2D eigenvalue weighted by molar-refractivity contribution is 6.40. The minimum atomic E-state index is -0.487. The molecule has 5 heteroatoms. The molecule has 2 amide bonds. The van der Waals surface area contributed by atoms with Crippen molar-refractivity contribution < 1.29 is 9.59 Å². The number of anilines is 2. The third-order valence-corrected chi connectivity index (χ3v) is 5.61. The Morgan fingerprint density at radius 2 is 1.45 bits per heavy atom. The number of carbonyl (C=O) groups is 2. The molecule has 3 aromatic rings. The van der Waals surface area contributed by atoms with E-state index in [1.807, 2.05) is 66.7 Å². The van der Waals surface area contributed by atoms with Crippen molar-refractivity contribution in [2.24, 2.45) is 0 Å². The van der Waals surface area contributed by atoms with E-state index in [1.165, 1.54) is 5.56 Å². The Bertz CT molecular complexity index is 1030. The molecule has 0 saturated carbocycles. The van der Waals surface area contributed by atoms with Crippen LogP contribution in [-0.2, 0) is 16.1 Å². The molecule has 0 aliphatic carbocycles. The summed E-state index contributed by atoms with van der Waals surface area (Å²) in [6.45, 7) is 4.93. The first-order valence-electron chi connectivity index (χ1n) is 10.6. The molecule has 0 spiro atoms. The zero-order valence-corrected chi connectivity index (χ0v) is 17.8. The van der Waals surface area contributed by atoms with Gasteiger partial charge in [-0.25, -0.2) is 0 Å². The Hall–Kier alpha value is -3.60. The van der Waals surface area contributed by atoms with Crippen LogP contribution in [0.2, 0.25) is 0 Å². The largest absolute Gasteiger partial charge is 0.368 e. The SMILES string of the molecule is Cc1cccc(N2CCN(C(=O)C(=O)N(Cc3ccccc3)c3ccccc3)CC2)c1. The van der Waals surface area contributed by atoms with E-state index in [2.05, 4.69) is 30.0 Å². The van der Waals surface area contributed by atoms with E-state index in [0.717, 1.165) is 16.9 Å². The number of hydrogen-bond acceptors (Lipinski definition) is 3. The van der Waals surface area contributed by atoms with Gasteiger partial charge in [-0.05, 0) is 42.3 Å². The van der Waals surface area contributed by atoms with Crippen molar-refractivity contribution in [3.8, 4) is 0 Å². The van der Waals surface area contributed by atoms with Gasteiger partial charge in [-0.1, -0.05) is 60.7 Å². The molecule has 0 atom stereocenters. The van der Waals surface area contributed by atoms with Gasteiger partial charge in [0.25, 0.3) is 0 Å². The molecule has 0 N–H and O–H groups in total. The number of nitrogens with zero attached hydrogens (tertiary/aromatic N) is 3. The highest BCUT2D eigenvalue weighted by atomic mass is 16.2. The summed E-state index contributed by atoms with van der Waals surface area (Å²) in [6.07, 6.45) is 0. The second kappa shape index (κ2) is 9.47. The van der Waals surface area contributed by atoms with Crippen molar-refractivity contribution >= 4 is 23.2 Å². The summed E-state index contributed by atoms with van der Waals surface area (Å²) in [5.41, 5.74) is 4.08. The van der Waals surface area contributed by atoms with Crippen LogP contribution in [-0.4, -0.2) is 42.9 Å². The molecule has 1 heterocycles. The van der Waals surface area contributed by atoms with Crippen molar-refractivity contribution in [1.29, 1.82) is 0 Å². The predicted octanol–water partition coefficient (Wildman–Crippen LogP) is 3.88. The molecule has 0 bridgehead atoms. The third kappa shape index (κ3) is 4.94. The Kier molecular flexibility index (Phi) is 6.32. The lowest BCUT2D eigenvalue weighted by molar-refractivity contribution is -0.144. The molecule has 1 fully saturated rings. The van der Waals surface area contributed by atoms with E-state index in [9.17, 15) is 9.59 Å². The smallest absolute Gasteiger partial charge is 0.316 e. The van der Waals surface area contributed by atoms with Gasteiger partial charge in [-0.2, -0.15) is 0 Å². The molecule has 0 unspecified atom stereocenters. The second-order valence-electron chi connectivity index (χ2n) is 7.83. The number of rotatable bonds is 4. The summed E-state index contributed by atoms with van der Waals surface area (Å²) < 4.78 is 0. The number of para-hydroxylation sites is 1. The van der Waals surface area contributed by atoms with E-state index in [-0.39, 0.29) is 0 Å². The lowest BCUT2D eigenvalue weighted by atomic mass is 10.1. The topological polar surface area (TPSA) is 43.9 Å². The molecule has 1 aliphatic heterocycles. The van der Waals surface area contributed by atoms with Crippen molar-refractivity contribution in [1.82, 2.24) is 4.90 Å². The number of hydrogen-bond donors (Lipinski definition) is 0. The summed E-state index contributed by atoms with van der Waals surface area (Å²) in [7, 11) is 0. The third-order valence-electron chi connectivity index (χ3n) is 5.61. The van der Waals surface area contributed by atoms with Gasteiger partial charge in [0.1, 0.15) is 0 Å². The van der Waals surface area contributed by atoms with E-state index in [4.69, 9.17) is 0 Å². The van der Waals surface area contributed by atoms with E-state index < -0.39 is 11.8 Å². The molecule has 1 saturated heterocycles. The first-order valence-corrected chi connectivity index (χ1v) is 10.6. The predicted molar refractivity (Wildman–Crippen MR) is 124 cm³/mol. The van der Waals surface area contributed by atoms with Gasteiger partial charge in [0.15, 0.2) is 0 Å². The molecule has 1 aliphatic rings. The molecule has 0 radical (unpaired) electrons. The Morgan fingerprint density at radius 1 is 0.806 bits per heavy atom. The molecule has 4 rings (SSSR count). The van der Waals surface area contributed by atoms with Gasteiger partial charge in [0, 0.05) is 37.6 Å². The Labute approximate surface area is 183 Å². The minimum absolute atomic E-state index is 0.360. The van der Waals surface area contributed by atoms with Crippen LogP contribution in [0.15, 0.2) is 84.9 Å². The van der Waals surface area contributed by atoms with Gasteiger partial charge >= 0.3 is 11.8 Å². The molecule has 5 nitrogen and oxygen atoms in total. The zero-order valence-electron chi connectivity index (χ0n) is 17.8.